The van der Waals surface area contributed by atoms with Crippen LogP contribution in [-0.2, 0) is 12.8 Å². The highest BCUT2D eigenvalue weighted by Gasteiger charge is 2.34. The fourth-order valence-corrected chi connectivity index (χ4v) is 3.35. The van der Waals surface area contributed by atoms with Crippen LogP contribution in [0, 0.1) is 6.92 Å². The monoisotopic (exact) mass is 425 g/mol. The number of anilines is 1. The van der Waals surface area contributed by atoms with Gasteiger partial charge in [0.25, 0.3) is 0 Å². The van der Waals surface area contributed by atoms with Gasteiger partial charge in [-0.15, -0.1) is 0 Å². The van der Waals surface area contributed by atoms with Gasteiger partial charge in [0.15, 0.2) is 5.75 Å². The van der Waals surface area contributed by atoms with Crippen molar-refractivity contribution in [3.05, 3.63) is 47.3 Å². The number of aliphatic hydroxyl groups excluding tert-OH is 1. The zero-order chi connectivity index (χ0) is 21.9. The topological polar surface area (TPSA) is 105 Å². The standard InChI is InChI=1S/C19H22F3N5O3/c1-12-3-2-4-16(19(20,21)22)15(12)11-30-14-7-24-18(25-8-14)26-5-6-27(17(23)29)13(9-26)10-28/h2-4,7-8,13,28H,5-6,9-11H2,1H3,(H2,23,29). The number of nitrogens with zero attached hydrogens (tertiary/aromatic N) is 4. The Morgan fingerprint density at radius 2 is 2.00 bits per heavy atom. The van der Waals surface area contributed by atoms with E-state index in [9.17, 15) is 23.1 Å². The molecule has 11 heteroatoms. The summed E-state index contributed by atoms with van der Waals surface area (Å²) in [6.07, 6.45) is -1.72. The Labute approximate surface area is 171 Å². The molecule has 1 aliphatic heterocycles. The lowest BCUT2D eigenvalue weighted by atomic mass is 10.0. The predicted octanol–water partition coefficient (Wildman–Crippen LogP) is 1.94. The lowest BCUT2D eigenvalue weighted by Gasteiger charge is -2.39. The maximum atomic E-state index is 13.2. The SMILES string of the molecule is Cc1cccc(C(F)(F)F)c1COc1cnc(N2CCN(C(N)=O)C(CO)C2)nc1. The molecule has 0 radical (unpaired) electrons. The van der Waals surface area contributed by atoms with Gasteiger partial charge in [-0.2, -0.15) is 13.2 Å². The van der Waals surface area contributed by atoms with Gasteiger partial charge in [0, 0.05) is 25.2 Å². The number of hydrogen-bond donors (Lipinski definition) is 2. The Bertz CT molecular complexity index is 892. The first kappa shape index (κ1) is 21.6. The van der Waals surface area contributed by atoms with Crippen molar-refractivity contribution in [2.45, 2.75) is 25.7 Å². The van der Waals surface area contributed by atoms with E-state index in [4.69, 9.17) is 10.5 Å². The maximum absolute atomic E-state index is 13.2. The van der Waals surface area contributed by atoms with Gasteiger partial charge >= 0.3 is 12.2 Å². The molecule has 2 aromatic rings. The summed E-state index contributed by atoms with van der Waals surface area (Å²) in [7, 11) is 0. The molecule has 1 atom stereocenters. The Kier molecular flexibility index (Phi) is 6.30. The van der Waals surface area contributed by atoms with Gasteiger partial charge in [-0.05, 0) is 18.6 Å². The molecule has 0 saturated carbocycles. The average Bonchev–Trinajstić information content (AvgIpc) is 2.71. The highest BCUT2D eigenvalue weighted by molar-refractivity contribution is 5.72. The summed E-state index contributed by atoms with van der Waals surface area (Å²) in [4.78, 5) is 23.0. The van der Waals surface area contributed by atoms with E-state index in [0.29, 0.717) is 31.1 Å². The number of primary amides is 1. The second kappa shape index (κ2) is 8.74. The number of amides is 2. The lowest BCUT2D eigenvalue weighted by molar-refractivity contribution is -0.138. The van der Waals surface area contributed by atoms with Crippen molar-refractivity contribution in [1.82, 2.24) is 14.9 Å². The summed E-state index contributed by atoms with van der Waals surface area (Å²) in [5.41, 5.74) is 5.11. The smallest absolute Gasteiger partial charge is 0.416 e. The summed E-state index contributed by atoms with van der Waals surface area (Å²) in [5, 5.41) is 9.48. The number of aryl methyl sites for hydroxylation is 1. The van der Waals surface area contributed by atoms with Crippen LogP contribution in [0.2, 0.25) is 0 Å². The number of nitrogens with two attached hydrogens (primary N) is 1. The van der Waals surface area contributed by atoms with Gasteiger partial charge < -0.3 is 25.4 Å². The van der Waals surface area contributed by atoms with Crippen LogP contribution in [0.3, 0.4) is 0 Å². The summed E-state index contributed by atoms with van der Waals surface area (Å²) in [5.74, 6) is 0.585. The van der Waals surface area contributed by atoms with Crippen LogP contribution in [0.15, 0.2) is 30.6 Å². The summed E-state index contributed by atoms with van der Waals surface area (Å²) in [6, 6.07) is 2.90. The van der Waals surface area contributed by atoms with Crippen molar-refractivity contribution >= 4 is 12.0 Å². The van der Waals surface area contributed by atoms with Gasteiger partial charge in [-0.25, -0.2) is 14.8 Å². The molecule has 2 heterocycles. The number of aliphatic hydroxyl groups is 1. The largest absolute Gasteiger partial charge is 0.486 e. The van der Waals surface area contributed by atoms with E-state index in [-0.39, 0.29) is 24.5 Å². The molecule has 3 N–H and O–H groups in total. The second-order valence-electron chi connectivity index (χ2n) is 6.92. The molecule has 0 spiro atoms. The van der Waals surface area contributed by atoms with Crippen molar-refractivity contribution < 1.29 is 27.8 Å². The van der Waals surface area contributed by atoms with Crippen LogP contribution < -0.4 is 15.4 Å². The summed E-state index contributed by atoms with van der Waals surface area (Å²) < 4.78 is 45.1. The normalized spacial score (nSPS) is 17.2. The Balaban J connectivity index is 1.67. The number of carbonyl (C=O) groups is 1. The number of hydrogen-bond acceptors (Lipinski definition) is 6. The quantitative estimate of drug-likeness (QED) is 0.759. The molecular formula is C19H22F3N5O3. The molecule has 1 aromatic carbocycles. The van der Waals surface area contributed by atoms with Crippen molar-refractivity contribution in [1.29, 1.82) is 0 Å². The molecule has 1 aliphatic rings. The van der Waals surface area contributed by atoms with Gasteiger partial charge in [0.2, 0.25) is 5.95 Å². The number of benzene rings is 1. The average molecular weight is 425 g/mol. The number of alkyl halides is 3. The first-order chi connectivity index (χ1) is 14.2. The molecule has 30 heavy (non-hydrogen) atoms. The van der Waals surface area contributed by atoms with Crippen LogP contribution in [0.4, 0.5) is 23.9 Å². The molecule has 1 aromatic heterocycles. The third-order valence-electron chi connectivity index (χ3n) is 4.97. The molecule has 2 amide bonds. The number of ether oxygens (including phenoxy) is 1. The number of halogens is 3. The third-order valence-corrected chi connectivity index (χ3v) is 4.97. The van der Waals surface area contributed by atoms with Gasteiger partial charge in [0.05, 0.1) is 30.6 Å². The van der Waals surface area contributed by atoms with Crippen molar-refractivity contribution in [3.8, 4) is 5.75 Å². The number of aromatic nitrogens is 2. The van der Waals surface area contributed by atoms with Gasteiger partial charge in [0.1, 0.15) is 6.61 Å². The number of piperazine rings is 1. The van der Waals surface area contributed by atoms with E-state index in [1.54, 1.807) is 17.9 Å². The Morgan fingerprint density at radius 3 is 2.60 bits per heavy atom. The molecule has 1 saturated heterocycles. The van der Waals surface area contributed by atoms with Crippen molar-refractivity contribution in [3.63, 3.8) is 0 Å². The van der Waals surface area contributed by atoms with E-state index in [2.05, 4.69) is 9.97 Å². The van der Waals surface area contributed by atoms with Crippen LogP contribution in [0.5, 0.6) is 5.75 Å². The fraction of sp³-hybridized carbons (Fsp3) is 0.421. The molecule has 1 unspecified atom stereocenters. The molecule has 0 aliphatic carbocycles. The number of carbonyl (C=O) groups excluding carboxylic acids is 1. The van der Waals surface area contributed by atoms with Crippen LogP contribution in [0.1, 0.15) is 16.7 Å². The molecule has 3 rings (SSSR count). The van der Waals surface area contributed by atoms with E-state index in [1.165, 1.54) is 23.4 Å². The third kappa shape index (κ3) is 4.73. The first-order valence-electron chi connectivity index (χ1n) is 9.23. The van der Waals surface area contributed by atoms with E-state index in [0.717, 1.165) is 6.07 Å². The number of urea groups is 1. The highest BCUT2D eigenvalue weighted by atomic mass is 19.4. The molecule has 1 fully saturated rings. The van der Waals surface area contributed by atoms with E-state index >= 15 is 0 Å². The van der Waals surface area contributed by atoms with Crippen molar-refractivity contribution in [2.75, 3.05) is 31.1 Å². The molecule has 8 nitrogen and oxygen atoms in total. The summed E-state index contributed by atoms with van der Waals surface area (Å²) in [6.45, 7) is 2.12. The van der Waals surface area contributed by atoms with Gasteiger partial charge in [-0.1, -0.05) is 12.1 Å². The zero-order valence-corrected chi connectivity index (χ0v) is 16.3. The van der Waals surface area contributed by atoms with Crippen LogP contribution in [0.25, 0.3) is 0 Å². The second-order valence-corrected chi connectivity index (χ2v) is 6.92. The maximum Gasteiger partial charge on any atom is 0.416 e. The minimum Gasteiger partial charge on any atom is -0.486 e. The van der Waals surface area contributed by atoms with Crippen LogP contribution in [-0.4, -0.2) is 58.3 Å². The predicted molar refractivity (Wildman–Crippen MR) is 102 cm³/mol. The number of rotatable bonds is 5. The highest BCUT2D eigenvalue weighted by Crippen LogP contribution is 2.33. The van der Waals surface area contributed by atoms with Crippen molar-refractivity contribution in [2.24, 2.45) is 5.73 Å². The zero-order valence-electron chi connectivity index (χ0n) is 16.3. The minimum absolute atomic E-state index is 0.0578. The van der Waals surface area contributed by atoms with Crippen LogP contribution >= 0.6 is 0 Å². The lowest BCUT2D eigenvalue weighted by Crippen LogP contribution is -2.58. The molecular weight excluding hydrogens is 403 g/mol. The van der Waals surface area contributed by atoms with E-state index in [1.807, 2.05) is 0 Å². The minimum atomic E-state index is -4.47. The fourth-order valence-electron chi connectivity index (χ4n) is 3.35. The Hall–Kier alpha value is -3.08. The van der Waals surface area contributed by atoms with Gasteiger partial charge in [-0.3, -0.25) is 0 Å². The molecule has 162 valence electrons. The molecule has 0 bridgehead atoms. The first-order valence-corrected chi connectivity index (χ1v) is 9.23. The van der Waals surface area contributed by atoms with E-state index < -0.39 is 23.8 Å². The Morgan fingerprint density at radius 1 is 1.30 bits per heavy atom. The summed E-state index contributed by atoms with van der Waals surface area (Å²) >= 11 is 0.